The molecule has 5 fully saturated rings. The van der Waals surface area contributed by atoms with E-state index in [1.165, 1.54) is 11.1 Å². The molecule has 18 nitrogen and oxygen atoms in total. The minimum Gasteiger partial charge on any atom is -0.656 e. The third-order valence-corrected chi connectivity index (χ3v) is 16.0. The van der Waals surface area contributed by atoms with Gasteiger partial charge >= 0.3 is 19.6 Å². The number of amides is 1. The molecule has 5 aliphatic rings. The smallest absolute Gasteiger partial charge is 0.656 e. The number of allylic oxidation sites excluding steroid dienone is 1. The molecule has 1 aromatic rings. The summed E-state index contributed by atoms with van der Waals surface area (Å²) in [4.78, 5) is 57.4. The number of nitrogens with one attached hydrogen (secondary N) is 2. The number of carboxylic acid groups (broad SMARTS) is 3. The van der Waals surface area contributed by atoms with Crippen molar-refractivity contribution in [3.8, 4) is 0 Å². The SMILES string of the molecule is C/C(=C(/S)CCO)N(C=O)Cc1cnc(N)nc1N.C=CC1C2CC3[N-]C(CC4[N-]C(C(CC(=O)[O-])C5NC(CC(N2)C1C)[C@@H](C)[C@@H]5CCC(=O)[O-])C(C(=O)[O-])C4C)C(CC)C3C.O.[Co+3].[H+].[H+]. The molecular formula is C45H72CoN9O9S. The quantitative estimate of drug-likeness (QED) is 0.0830. The van der Waals surface area contributed by atoms with Gasteiger partial charge in [-0.1, -0.05) is 77.7 Å². The van der Waals surface area contributed by atoms with Crippen LogP contribution in [0.4, 0.5) is 11.8 Å². The van der Waals surface area contributed by atoms with Gasteiger partial charge in [-0.15, -0.1) is 43.4 Å². The van der Waals surface area contributed by atoms with Crippen LogP contribution in [0.15, 0.2) is 29.5 Å². The Hall–Kier alpha value is -3.34. The van der Waals surface area contributed by atoms with Crippen molar-refractivity contribution < 1.29 is 64.7 Å². The number of aromatic nitrogens is 2. The summed E-state index contributed by atoms with van der Waals surface area (Å²) in [5.41, 5.74) is 12.3. The van der Waals surface area contributed by atoms with E-state index < -0.39 is 41.8 Å². The molecule has 0 aromatic carbocycles. The van der Waals surface area contributed by atoms with Crippen LogP contribution in [0.1, 0.15) is 101 Å². The first-order chi connectivity index (χ1) is 29.8. The number of carbonyl (C=O) groups excluding carboxylic acids is 4. The number of fused-ring (bicyclic) bond motifs is 8. The van der Waals surface area contributed by atoms with Gasteiger partial charge in [-0.25, -0.2) is 4.98 Å². The van der Waals surface area contributed by atoms with Gasteiger partial charge in [0.1, 0.15) is 5.82 Å². The van der Waals surface area contributed by atoms with E-state index in [2.05, 4.69) is 73.6 Å². The number of hydrogen-bond donors (Lipinski definition) is 6. The van der Waals surface area contributed by atoms with E-state index in [9.17, 15) is 34.5 Å². The Bertz CT molecular complexity index is 1850. The van der Waals surface area contributed by atoms with Crippen LogP contribution in [0, 0.1) is 53.3 Å². The summed E-state index contributed by atoms with van der Waals surface area (Å²) in [7, 11) is 0. The molecule has 5 saturated heterocycles. The van der Waals surface area contributed by atoms with Gasteiger partial charge in [-0.2, -0.15) is 4.98 Å². The summed E-state index contributed by atoms with van der Waals surface area (Å²) in [6.45, 7) is 16.9. The van der Waals surface area contributed by atoms with Gasteiger partial charge in [0.15, 0.2) is 0 Å². The van der Waals surface area contributed by atoms with Crippen molar-refractivity contribution in [3.63, 3.8) is 0 Å². The van der Waals surface area contributed by atoms with E-state index in [0.717, 1.165) is 19.3 Å². The van der Waals surface area contributed by atoms with Crippen LogP contribution >= 0.6 is 12.6 Å². The third kappa shape index (κ3) is 12.8. The number of nitrogens with zero attached hydrogens (tertiary/aromatic N) is 5. The molecule has 0 radical (unpaired) electrons. The van der Waals surface area contributed by atoms with E-state index in [4.69, 9.17) is 27.2 Å². The van der Waals surface area contributed by atoms with Crippen LogP contribution in [-0.4, -0.2) is 105 Å². The third-order valence-electron chi connectivity index (χ3n) is 15.4. The van der Waals surface area contributed by atoms with Crippen molar-refractivity contribution in [1.29, 1.82) is 0 Å². The fraction of sp³-hybridized carbons (Fsp3) is 0.733. The maximum Gasteiger partial charge on any atom is 3.00 e. The summed E-state index contributed by atoms with van der Waals surface area (Å²) >= 11 is 4.24. The Balaban J connectivity index is 0.000000832. The summed E-state index contributed by atoms with van der Waals surface area (Å²) < 4.78 is 0. The number of aliphatic hydroxyl groups excluding tert-OH is 1. The molecule has 9 N–H and O–H groups in total. The Labute approximate surface area is 402 Å². The number of nitrogen functional groups attached to an aromatic ring is 2. The topological polar surface area (TPSA) is 323 Å². The molecule has 0 aliphatic carbocycles. The number of aliphatic carboxylic acids is 3. The molecule has 0 spiro atoms. The van der Waals surface area contributed by atoms with Gasteiger partial charge in [-0.3, -0.25) is 4.79 Å². The number of carboxylic acids is 3. The van der Waals surface area contributed by atoms with Gasteiger partial charge in [0.25, 0.3) is 0 Å². The normalized spacial score (nSPS) is 36.5. The average Bonchev–Trinajstić information content (AvgIpc) is 3.91. The minimum absolute atomic E-state index is 0. The second kappa shape index (κ2) is 24.6. The van der Waals surface area contributed by atoms with E-state index in [1.54, 1.807) is 6.92 Å². The molecule has 6 rings (SSSR count). The molecule has 0 saturated carbocycles. The number of hydrogen-bond acceptors (Lipinski definition) is 15. The second-order valence-corrected chi connectivity index (χ2v) is 19.3. The van der Waals surface area contributed by atoms with Crippen molar-refractivity contribution in [2.75, 3.05) is 18.1 Å². The summed E-state index contributed by atoms with van der Waals surface area (Å²) in [6.07, 6.45) is 7.71. The van der Waals surface area contributed by atoms with Crippen LogP contribution < -0.4 is 37.4 Å². The van der Waals surface area contributed by atoms with Gasteiger partial charge in [0.05, 0.1) is 6.54 Å². The van der Waals surface area contributed by atoms with Gasteiger partial charge < -0.3 is 77.9 Å². The Kier molecular flexibility index (Phi) is 21.2. The fourth-order valence-electron chi connectivity index (χ4n) is 11.8. The molecule has 8 bridgehead atoms. The Morgan fingerprint density at radius 1 is 0.938 bits per heavy atom. The standard InChI is InChI=1S/C34H54N4O6.C11H17N5O2S.Co.H2O/c1-7-19-15(3)23-12-25-17(5)21(9-10-29(39)40)32(37-25)22(11-30(41)42)33-31(34(43)44)18(6)26(38-33)14-28-20(8-2)16(4)24(36-28)13-27(19)35-23;1-7(9(19)2-3-17)16(6-18)5-8-4-14-11(13)15-10(8)12;;/h7,15-28,31-33,35,37H,1,8-14H2,2-6H3,(H,39,40)(H,41,42)(H,43,44);4,6,17,19H,2-3,5H2,1H3,(H4,12,13,14,15);;1H2/q-2;;+3;/p-1/b;9-7-;;/t15?,16?,17-,18?,19?,20?,21-,22?,23?,24?,25?,26?,27?,28?,31?,32?,33?;;;/m0.../s1. The zero-order chi connectivity index (χ0) is 46.4. The Morgan fingerprint density at radius 2 is 1.60 bits per heavy atom. The zero-order valence-corrected chi connectivity index (χ0v) is 40.2. The van der Waals surface area contributed by atoms with Crippen LogP contribution in [0.5, 0.6) is 0 Å². The van der Waals surface area contributed by atoms with Crippen LogP contribution in [0.25, 0.3) is 10.6 Å². The number of anilines is 2. The maximum absolute atomic E-state index is 12.7. The van der Waals surface area contributed by atoms with E-state index >= 15 is 0 Å². The average molecular weight is 974 g/mol. The van der Waals surface area contributed by atoms with Crippen LogP contribution in [0.3, 0.4) is 0 Å². The van der Waals surface area contributed by atoms with Crippen LogP contribution in [-0.2, 0) is 42.5 Å². The fourth-order valence-corrected chi connectivity index (χ4v) is 12.0. The van der Waals surface area contributed by atoms with Crippen molar-refractivity contribution in [2.45, 2.75) is 148 Å². The van der Waals surface area contributed by atoms with Gasteiger partial charge in [0.2, 0.25) is 12.4 Å². The first kappa shape index (κ1) is 56.0. The van der Waals surface area contributed by atoms with Crippen LogP contribution in [0.2, 0.25) is 0 Å². The van der Waals surface area contributed by atoms with Crippen molar-refractivity contribution in [3.05, 3.63) is 45.7 Å². The van der Waals surface area contributed by atoms with E-state index in [-0.39, 0.29) is 117 Å². The summed E-state index contributed by atoms with van der Waals surface area (Å²) in [5, 5.41) is 63.6. The zero-order valence-electron chi connectivity index (χ0n) is 40.3. The second-order valence-electron chi connectivity index (χ2n) is 18.7. The summed E-state index contributed by atoms with van der Waals surface area (Å²) in [6, 6.07) is -0.884. The first-order valence-corrected chi connectivity index (χ1v) is 23.0. The maximum atomic E-state index is 12.7. The molecule has 65 heavy (non-hydrogen) atoms. The number of thiol groups is 1. The molecule has 5 aliphatic heterocycles. The molecular weight excluding hydrogens is 902 g/mol. The minimum atomic E-state index is -1.26. The predicted molar refractivity (Wildman–Crippen MR) is 242 cm³/mol. The monoisotopic (exact) mass is 973 g/mol. The van der Waals surface area contributed by atoms with Gasteiger partial charge in [-0.05, 0) is 68.1 Å². The first-order valence-electron chi connectivity index (χ1n) is 22.6. The number of aliphatic hydroxyl groups is 1. The molecule has 1 aromatic heterocycles. The number of rotatable bonds is 14. The molecule has 6 heterocycles. The molecule has 15 unspecified atom stereocenters. The molecule has 20 heteroatoms. The number of nitrogens with two attached hydrogens (primary N) is 2. The molecule has 1 amide bonds. The number of carbonyl (C=O) groups is 4. The van der Waals surface area contributed by atoms with Crippen molar-refractivity contribution in [1.82, 2.24) is 25.5 Å². The van der Waals surface area contributed by atoms with Gasteiger partial charge in [0, 0.05) is 77.5 Å². The Morgan fingerprint density at radius 3 is 2.17 bits per heavy atom. The predicted octanol–water partition coefficient (Wildman–Crippen LogP) is 0.282. The van der Waals surface area contributed by atoms with Crippen molar-refractivity contribution >= 4 is 48.7 Å². The largest absolute Gasteiger partial charge is 3.00 e. The molecule has 366 valence electrons. The molecule has 17 atom stereocenters. The van der Waals surface area contributed by atoms with E-state index in [1.807, 2.05) is 6.92 Å². The summed E-state index contributed by atoms with van der Waals surface area (Å²) in [5.74, 6) is -4.07. The van der Waals surface area contributed by atoms with E-state index in [0.29, 0.717) is 65.5 Å². The van der Waals surface area contributed by atoms with Crippen molar-refractivity contribution in [2.24, 2.45) is 53.3 Å².